The molecule has 2 heteroatoms. The number of rotatable bonds is 8. The second-order valence-corrected chi connectivity index (χ2v) is 10.9. The van der Waals surface area contributed by atoms with Crippen LogP contribution in [0.4, 0.5) is 0 Å². The van der Waals surface area contributed by atoms with Crippen LogP contribution >= 0.6 is 0 Å². The molecule has 0 rings (SSSR count). The first-order valence-corrected chi connectivity index (χ1v) is 9.32. The molecule has 0 aromatic heterocycles. The third kappa shape index (κ3) is 4.25. The van der Waals surface area contributed by atoms with E-state index in [-0.39, 0.29) is 0 Å². The van der Waals surface area contributed by atoms with Crippen LogP contribution in [0.1, 0.15) is 61.3 Å². The van der Waals surface area contributed by atoms with Crippen LogP contribution < -0.4 is 0 Å². The van der Waals surface area contributed by atoms with Crippen LogP contribution in [0.15, 0.2) is 12.2 Å². The summed E-state index contributed by atoms with van der Waals surface area (Å²) in [7, 11) is -1.64. The van der Waals surface area contributed by atoms with Gasteiger partial charge in [0.25, 0.3) is 0 Å². The Balaban J connectivity index is 4.86. The third-order valence-corrected chi connectivity index (χ3v) is 10.2. The van der Waals surface area contributed by atoms with Crippen molar-refractivity contribution in [3.8, 4) is 0 Å². The molecular weight excluding hydrogens is 224 g/mol. The number of allylic oxidation sites excluding steroid dienone is 2. The molecule has 0 saturated heterocycles. The van der Waals surface area contributed by atoms with Crippen LogP contribution in [0.25, 0.3) is 0 Å². The zero-order valence-electron chi connectivity index (χ0n) is 12.9. The Bertz CT molecular complexity index is 213. The van der Waals surface area contributed by atoms with Crippen molar-refractivity contribution in [1.82, 2.24) is 0 Å². The van der Waals surface area contributed by atoms with Gasteiger partial charge in [0.2, 0.25) is 8.32 Å². The summed E-state index contributed by atoms with van der Waals surface area (Å²) in [5, 5.41) is 0. The van der Waals surface area contributed by atoms with Crippen LogP contribution in [0.3, 0.4) is 0 Å². The summed E-state index contributed by atoms with van der Waals surface area (Å²) in [6.45, 7) is 16.9. The lowest BCUT2D eigenvalue weighted by atomic mass is 10.2. The molecule has 0 spiro atoms. The van der Waals surface area contributed by atoms with Crippen LogP contribution in [0.2, 0.25) is 16.6 Å². The van der Waals surface area contributed by atoms with Crippen LogP contribution in [-0.2, 0) is 4.43 Å². The van der Waals surface area contributed by atoms with Crippen molar-refractivity contribution in [3.63, 3.8) is 0 Å². The van der Waals surface area contributed by atoms with E-state index < -0.39 is 8.32 Å². The van der Waals surface area contributed by atoms with Crippen molar-refractivity contribution in [2.45, 2.75) is 77.9 Å². The lowest BCUT2D eigenvalue weighted by molar-refractivity contribution is 0.293. The minimum Gasteiger partial charge on any atom is -0.416 e. The topological polar surface area (TPSA) is 9.23 Å². The van der Waals surface area contributed by atoms with Crippen LogP contribution in [-0.4, -0.2) is 14.9 Å². The molecule has 0 fully saturated rings. The van der Waals surface area contributed by atoms with Crippen molar-refractivity contribution >= 4 is 8.32 Å². The number of hydrogen-bond acceptors (Lipinski definition) is 1. The van der Waals surface area contributed by atoms with E-state index in [9.17, 15) is 0 Å². The highest BCUT2D eigenvalue weighted by Gasteiger charge is 2.45. The summed E-state index contributed by atoms with van der Waals surface area (Å²) in [5.74, 6) is 0. The van der Waals surface area contributed by atoms with Gasteiger partial charge in [0.05, 0.1) is 0 Å². The van der Waals surface area contributed by atoms with E-state index in [1.54, 1.807) is 0 Å². The summed E-state index contributed by atoms with van der Waals surface area (Å²) in [4.78, 5) is 0. The molecular formula is C15H32OSi. The van der Waals surface area contributed by atoms with Gasteiger partial charge in [0, 0.05) is 6.61 Å². The Morgan fingerprint density at radius 3 is 1.94 bits per heavy atom. The van der Waals surface area contributed by atoms with Gasteiger partial charge in [-0.3, -0.25) is 0 Å². The summed E-state index contributed by atoms with van der Waals surface area (Å²) in [5.41, 5.74) is 2.13. The highest BCUT2D eigenvalue weighted by molar-refractivity contribution is 6.77. The van der Waals surface area contributed by atoms with Crippen molar-refractivity contribution in [2.75, 3.05) is 6.61 Å². The summed E-state index contributed by atoms with van der Waals surface area (Å²) in [6.07, 6.45) is 6.90. The first-order chi connectivity index (χ1) is 7.93. The van der Waals surface area contributed by atoms with Gasteiger partial charge in [-0.25, -0.2) is 0 Å². The molecule has 1 nitrogen and oxygen atoms in total. The highest BCUT2D eigenvalue weighted by Crippen LogP contribution is 2.44. The quantitative estimate of drug-likeness (QED) is 0.409. The van der Waals surface area contributed by atoms with Gasteiger partial charge in [0.1, 0.15) is 0 Å². The fourth-order valence-corrected chi connectivity index (χ4v) is 8.95. The van der Waals surface area contributed by atoms with E-state index >= 15 is 0 Å². The largest absolute Gasteiger partial charge is 0.416 e. The maximum atomic E-state index is 6.36. The van der Waals surface area contributed by atoms with Gasteiger partial charge in [-0.05, 0) is 43.3 Å². The molecule has 0 saturated carbocycles. The van der Waals surface area contributed by atoms with Crippen molar-refractivity contribution < 1.29 is 4.43 Å². The Morgan fingerprint density at radius 1 is 1.06 bits per heavy atom. The van der Waals surface area contributed by atoms with E-state index in [4.69, 9.17) is 4.43 Å². The Labute approximate surface area is 110 Å². The first kappa shape index (κ1) is 16.9. The summed E-state index contributed by atoms with van der Waals surface area (Å²) in [6, 6.07) is 0. The molecule has 0 heterocycles. The zero-order chi connectivity index (χ0) is 13.5. The molecule has 0 amide bonds. The minimum atomic E-state index is -1.64. The lowest BCUT2D eigenvalue weighted by Crippen LogP contribution is -2.48. The third-order valence-electron chi connectivity index (χ3n) is 3.97. The summed E-state index contributed by atoms with van der Waals surface area (Å²) >= 11 is 0. The molecule has 0 aromatic rings. The second-order valence-electron chi connectivity index (χ2n) is 5.64. The monoisotopic (exact) mass is 256 g/mol. The molecule has 0 aliphatic carbocycles. The SMILES string of the molecule is CC=CCCC(C)[Si](OCC)(C(C)C)C(C)C. The molecule has 0 aliphatic heterocycles. The van der Waals surface area contributed by atoms with E-state index in [0.29, 0.717) is 11.1 Å². The predicted molar refractivity (Wildman–Crippen MR) is 81.0 cm³/mol. The Morgan fingerprint density at radius 2 is 1.59 bits per heavy atom. The average Bonchev–Trinajstić information content (AvgIpc) is 2.24. The second kappa shape index (κ2) is 8.10. The molecule has 0 N–H and O–H groups in total. The molecule has 102 valence electrons. The fourth-order valence-electron chi connectivity index (χ4n) is 3.27. The molecule has 0 aliphatic rings. The van der Waals surface area contributed by atoms with E-state index in [1.165, 1.54) is 12.8 Å². The van der Waals surface area contributed by atoms with E-state index in [1.807, 2.05) is 0 Å². The van der Waals surface area contributed by atoms with E-state index in [2.05, 4.69) is 60.6 Å². The standard InChI is InChI=1S/C15H32OSi/c1-8-10-11-12-15(7)17(13(3)4,14(5)6)16-9-2/h8,10,13-15H,9,11-12H2,1-7H3. The zero-order valence-corrected chi connectivity index (χ0v) is 13.9. The molecule has 0 aromatic carbocycles. The minimum absolute atomic E-state index is 0.697. The summed E-state index contributed by atoms with van der Waals surface area (Å²) < 4.78 is 6.36. The molecule has 1 unspecified atom stereocenters. The van der Waals surface area contributed by atoms with Crippen LogP contribution in [0, 0.1) is 0 Å². The van der Waals surface area contributed by atoms with Gasteiger partial charge < -0.3 is 4.43 Å². The fraction of sp³-hybridized carbons (Fsp3) is 0.867. The van der Waals surface area contributed by atoms with Crippen LogP contribution in [0.5, 0.6) is 0 Å². The molecule has 17 heavy (non-hydrogen) atoms. The van der Waals surface area contributed by atoms with E-state index in [0.717, 1.165) is 12.1 Å². The molecule has 1 atom stereocenters. The van der Waals surface area contributed by atoms with Gasteiger partial charge in [0.15, 0.2) is 0 Å². The maximum absolute atomic E-state index is 6.36. The van der Waals surface area contributed by atoms with Crippen molar-refractivity contribution in [3.05, 3.63) is 12.2 Å². The Hall–Kier alpha value is -0.0831. The smallest absolute Gasteiger partial charge is 0.200 e. The van der Waals surface area contributed by atoms with Gasteiger partial charge in [-0.1, -0.05) is 46.8 Å². The Kier molecular flexibility index (Phi) is 8.06. The average molecular weight is 257 g/mol. The van der Waals surface area contributed by atoms with Crippen molar-refractivity contribution in [2.24, 2.45) is 0 Å². The highest BCUT2D eigenvalue weighted by atomic mass is 28.4. The molecule has 0 bridgehead atoms. The van der Waals surface area contributed by atoms with Crippen molar-refractivity contribution in [1.29, 1.82) is 0 Å². The van der Waals surface area contributed by atoms with Gasteiger partial charge >= 0.3 is 0 Å². The molecule has 0 radical (unpaired) electrons. The van der Waals surface area contributed by atoms with Gasteiger partial charge in [-0.15, -0.1) is 0 Å². The maximum Gasteiger partial charge on any atom is 0.200 e. The number of hydrogen-bond donors (Lipinski definition) is 0. The normalized spacial score (nSPS) is 15.1. The predicted octanol–water partition coefficient (Wildman–Crippen LogP) is 5.53. The lowest BCUT2D eigenvalue weighted by Gasteiger charge is -2.43. The first-order valence-electron chi connectivity index (χ1n) is 7.18. The van der Waals surface area contributed by atoms with Gasteiger partial charge in [-0.2, -0.15) is 0 Å².